The Morgan fingerprint density at radius 3 is 2.23 bits per heavy atom. The number of amides is 1. The third-order valence-electron chi connectivity index (χ3n) is 7.11. The second kappa shape index (κ2) is 9.78. The molecule has 4 rings (SSSR count). The average molecular weight is 502 g/mol. The molecule has 3 nitrogen and oxygen atoms in total. The first-order chi connectivity index (χ1) is 16.4. The molecule has 0 spiro atoms. The number of alkyl halides is 5. The first-order valence-corrected chi connectivity index (χ1v) is 11.6. The number of nitrogens with zero attached hydrogens (tertiary/aromatic N) is 1. The molecule has 1 N–H and O–H groups in total. The Morgan fingerprint density at radius 1 is 0.943 bits per heavy atom. The lowest BCUT2D eigenvalue weighted by atomic mass is 9.80. The molecule has 1 aromatic heterocycles. The Hall–Kier alpha value is -2.65. The second-order valence-corrected chi connectivity index (χ2v) is 9.45. The highest BCUT2D eigenvalue weighted by atomic mass is 19.4. The first-order valence-electron chi connectivity index (χ1n) is 11.6. The lowest BCUT2D eigenvalue weighted by molar-refractivity contribution is -0.184. The summed E-state index contributed by atoms with van der Waals surface area (Å²) >= 11 is 0. The van der Waals surface area contributed by atoms with Crippen LogP contribution in [0.1, 0.15) is 63.0 Å². The van der Waals surface area contributed by atoms with Gasteiger partial charge in [-0.2, -0.15) is 13.2 Å². The van der Waals surface area contributed by atoms with Gasteiger partial charge in [0.2, 0.25) is 11.8 Å². The molecular formula is C25H25F7N2O. The molecule has 0 saturated heterocycles. The standard InChI is InChI=1S/C25H25F7N2O/c26-17-5-6-20(27)19(13-17)18-9-12-33-21(14-7-10-24(28,29)11-8-14)22(18)34-23(35)15-1-3-16(4-2-15)25(30,31)32/h5-6,9,12-16H,1-4,7-8,10-11H2,(H,34,35)/t15-,16-. The van der Waals surface area contributed by atoms with Crippen LogP contribution in [0, 0.1) is 23.5 Å². The third-order valence-corrected chi connectivity index (χ3v) is 7.11. The molecule has 2 aliphatic rings. The number of hydrogen-bond acceptors (Lipinski definition) is 2. The summed E-state index contributed by atoms with van der Waals surface area (Å²) in [4.78, 5) is 17.4. The normalized spacial score (nSPS) is 23.2. The van der Waals surface area contributed by atoms with Crippen LogP contribution >= 0.6 is 0 Å². The number of hydrogen-bond donors (Lipinski definition) is 1. The predicted molar refractivity (Wildman–Crippen MR) is 116 cm³/mol. The quantitative estimate of drug-likeness (QED) is 0.437. The maximum Gasteiger partial charge on any atom is 0.391 e. The molecule has 0 unspecified atom stereocenters. The van der Waals surface area contributed by atoms with E-state index in [1.807, 2.05) is 0 Å². The van der Waals surface area contributed by atoms with E-state index in [1.54, 1.807) is 0 Å². The minimum atomic E-state index is -4.32. The summed E-state index contributed by atoms with van der Waals surface area (Å²) in [6, 6.07) is 4.25. The fourth-order valence-electron chi connectivity index (χ4n) is 5.07. The molecule has 0 aliphatic heterocycles. The number of anilines is 1. The van der Waals surface area contributed by atoms with Crippen LogP contribution < -0.4 is 5.32 Å². The molecule has 2 fully saturated rings. The Labute approximate surface area is 198 Å². The van der Waals surface area contributed by atoms with E-state index in [0.717, 1.165) is 18.2 Å². The molecule has 190 valence electrons. The molecule has 1 amide bonds. The van der Waals surface area contributed by atoms with Gasteiger partial charge in [-0.05, 0) is 62.8 Å². The van der Waals surface area contributed by atoms with Gasteiger partial charge in [-0.1, -0.05) is 0 Å². The number of pyridine rings is 1. The summed E-state index contributed by atoms with van der Waals surface area (Å²) in [5.41, 5.74) is 0.390. The smallest absolute Gasteiger partial charge is 0.324 e. The van der Waals surface area contributed by atoms with Gasteiger partial charge >= 0.3 is 6.18 Å². The van der Waals surface area contributed by atoms with Crippen molar-refractivity contribution in [2.75, 3.05) is 5.32 Å². The van der Waals surface area contributed by atoms with Crippen LogP contribution in [0.2, 0.25) is 0 Å². The Balaban J connectivity index is 1.66. The van der Waals surface area contributed by atoms with Crippen molar-refractivity contribution in [3.8, 4) is 11.1 Å². The third kappa shape index (κ3) is 5.78. The fraction of sp³-hybridized carbons (Fsp3) is 0.520. The molecule has 1 aromatic carbocycles. The molecule has 2 saturated carbocycles. The van der Waals surface area contributed by atoms with Gasteiger partial charge in [0, 0.05) is 42.0 Å². The van der Waals surface area contributed by atoms with Gasteiger partial charge in [0.1, 0.15) is 11.6 Å². The Bertz CT molecular complexity index is 1070. The largest absolute Gasteiger partial charge is 0.391 e. The summed E-state index contributed by atoms with van der Waals surface area (Å²) in [6.45, 7) is 0. The zero-order chi connectivity index (χ0) is 25.4. The zero-order valence-corrected chi connectivity index (χ0v) is 18.8. The van der Waals surface area contributed by atoms with Gasteiger partial charge in [-0.3, -0.25) is 9.78 Å². The van der Waals surface area contributed by atoms with Crippen molar-refractivity contribution >= 4 is 11.6 Å². The van der Waals surface area contributed by atoms with E-state index < -0.39 is 47.4 Å². The van der Waals surface area contributed by atoms with Crippen molar-refractivity contribution in [2.24, 2.45) is 11.8 Å². The van der Waals surface area contributed by atoms with Gasteiger partial charge in [-0.15, -0.1) is 0 Å². The predicted octanol–water partition coefficient (Wildman–Crippen LogP) is 7.63. The number of benzene rings is 1. The van der Waals surface area contributed by atoms with Gasteiger partial charge < -0.3 is 5.32 Å². The highest BCUT2D eigenvalue weighted by Gasteiger charge is 2.43. The minimum Gasteiger partial charge on any atom is -0.324 e. The number of aromatic nitrogens is 1. The Kier molecular flexibility index (Phi) is 7.11. The van der Waals surface area contributed by atoms with E-state index in [-0.39, 0.29) is 68.2 Å². The highest BCUT2D eigenvalue weighted by molar-refractivity contribution is 5.97. The van der Waals surface area contributed by atoms with Crippen LogP contribution in [0.25, 0.3) is 11.1 Å². The van der Waals surface area contributed by atoms with E-state index >= 15 is 0 Å². The molecule has 1 heterocycles. The fourth-order valence-corrected chi connectivity index (χ4v) is 5.07. The van der Waals surface area contributed by atoms with Crippen LogP contribution in [0.4, 0.5) is 36.4 Å². The summed E-state index contributed by atoms with van der Waals surface area (Å²) in [7, 11) is 0. The minimum absolute atomic E-state index is 0.0327. The van der Waals surface area contributed by atoms with E-state index in [9.17, 15) is 35.5 Å². The van der Waals surface area contributed by atoms with Gasteiger partial charge in [0.05, 0.1) is 17.3 Å². The molecule has 0 atom stereocenters. The number of nitrogens with one attached hydrogen (secondary N) is 1. The topological polar surface area (TPSA) is 42.0 Å². The number of halogens is 7. The van der Waals surface area contributed by atoms with E-state index in [1.165, 1.54) is 12.3 Å². The molecular weight excluding hydrogens is 477 g/mol. The Morgan fingerprint density at radius 2 is 1.60 bits per heavy atom. The van der Waals surface area contributed by atoms with Gasteiger partial charge in [0.25, 0.3) is 0 Å². The number of carbonyl (C=O) groups excluding carboxylic acids is 1. The van der Waals surface area contributed by atoms with Crippen molar-refractivity contribution in [3.05, 3.63) is 47.8 Å². The zero-order valence-electron chi connectivity index (χ0n) is 18.8. The van der Waals surface area contributed by atoms with Crippen LogP contribution in [0.5, 0.6) is 0 Å². The summed E-state index contributed by atoms with van der Waals surface area (Å²) in [5.74, 6) is -7.39. The van der Waals surface area contributed by atoms with Crippen LogP contribution in [0.15, 0.2) is 30.5 Å². The molecule has 0 bridgehead atoms. The van der Waals surface area contributed by atoms with Gasteiger partial charge in [-0.25, -0.2) is 17.6 Å². The molecule has 35 heavy (non-hydrogen) atoms. The SMILES string of the molecule is O=C(Nc1c(-c2cc(F)ccc2F)ccnc1C1CCC(F)(F)CC1)[C@H]1CC[C@H](C(F)(F)F)CC1. The summed E-state index contributed by atoms with van der Waals surface area (Å²) in [6.07, 6.45) is -3.80. The second-order valence-electron chi connectivity index (χ2n) is 9.45. The van der Waals surface area contributed by atoms with Crippen molar-refractivity contribution < 1.29 is 35.5 Å². The molecule has 0 radical (unpaired) electrons. The molecule has 2 aliphatic carbocycles. The maximum absolute atomic E-state index is 14.7. The van der Waals surface area contributed by atoms with Crippen LogP contribution in [-0.4, -0.2) is 23.0 Å². The van der Waals surface area contributed by atoms with Crippen molar-refractivity contribution in [2.45, 2.75) is 69.4 Å². The first kappa shape index (κ1) is 25.4. The van der Waals surface area contributed by atoms with E-state index in [4.69, 9.17) is 0 Å². The monoisotopic (exact) mass is 502 g/mol. The summed E-state index contributed by atoms with van der Waals surface area (Å²) < 4.78 is 95.1. The lowest BCUT2D eigenvalue weighted by Crippen LogP contribution is -2.33. The van der Waals surface area contributed by atoms with E-state index in [0.29, 0.717) is 5.69 Å². The van der Waals surface area contributed by atoms with Crippen molar-refractivity contribution in [3.63, 3.8) is 0 Å². The molecule has 10 heteroatoms. The van der Waals surface area contributed by atoms with Gasteiger partial charge in [0.15, 0.2) is 0 Å². The highest BCUT2D eigenvalue weighted by Crippen LogP contribution is 2.45. The molecule has 2 aromatic rings. The van der Waals surface area contributed by atoms with Crippen molar-refractivity contribution in [1.82, 2.24) is 4.98 Å². The maximum atomic E-state index is 14.7. The number of rotatable bonds is 4. The van der Waals surface area contributed by atoms with Crippen LogP contribution in [0.3, 0.4) is 0 Å². The lowest BCUT2D eigenvalue weighted by Gasteiger charge is -2.31. The summed E-state index contributed by atoms with van der Waals surface area (Å²) in [5, 5.41) is 2.71. The van der Waals surface area contributed by atoms with Crippen LogP contribution in [-0.2, 0) is 4.79 Å². The van der Waals surface area contributed by atoms with Crippen molar-refractivity contribution in [1.29, 1.82) is 0 Å². The van der Waals surface area contributed by atoms with E-state index in [2.05, 4.69) is 10.3 Å². The average Bonchev–Trinajstić information content (AvgIpc) is 2.80. The number of carbonyl (C=O) groups is 1.